The maximum atomic E-state index is 12.0. The van der Waals surface area contributed by atoms with Crippen LogP contribution in [0.1, 0.15) is 36.2 Å². The molecule has 2 N–H and O–H groups in total. The Kier molecular flexibility index (Phi) is 5.92. The van der Waals surface area contributed by atoms with Crippen LogP contribution in [0, 0.1) is 0 Å². The fourth-order valence-electron chi connectivity index (χ4n) is 1.85. The summed E-state index contributed by atoms with van der Waals surface area (Å²) in [5.74, 6) is -0.120. The van der Waals surface area contributed by atoms with Crippen LogP contribution >= 0.6 is 11.3 Å². The van der Waals surface area contributed by atoms with Crippen molar-refractivity contribution in [1.29, 1.82) is 0 Å². The Balaban J connectivity index is 1.97. The summed E-state index contributed by atoms with van der Waals surface area (Å²) in [6.45, 7) is 4.15. The van der Waals surface area contributed by atoms with Crippen LogP contribution in [0.2, 0.25) is 0 Å². The molecule has 0 saturated heterocycles. The third-order valence-electron chi connectivity index (χ3n) is 3.43. The van der Waals surface area contributed by atoms with Gasteiger partial charge in [0.2, 0.25) is 10.0 Å². The molecular weight excluding hydrogens is 332 g/mol. The van der Waals surface area contributed by atoms with E-state index in [0.29, 0.717) is 9.77 Å². The highest BCUT2D eigenvalue weighted by molar-refractivity contribution is 7.91. The second-order valence-electron chi connectivity index (χ2n) is 5.24. The third-order valence-corrected chi connectivity index (χ3v) is 6.23. The van der Waals surface area contributed by atoms with Crippen LogP contribution in [0.15, 0.2) is 46.0 Å². The van der Waals surface area contributed by atoms with Gasteiger partial charge in [0.25, 0.3) is 5.91 Å². The number of nitrogens with one attached hydrogen (secondary N) is 2. The van der Waals surface area contributed by atoms with Crippen molar-refractivity contribution in [2.45, 2.75) is 37.1 Å². The van der Waals surface area contributed by atoms with Crippen LogP contribution in [0.4, 0.5) is 0 Å². The number of amides is 1. The molecular formula is C16H20N2O3S2. The van der Waals surface area contributed by atoms with Crippen LogP contribution < -0.4 is 10.0 Å². The summed E-state index contributed by atoms with van der Waals surface area (Å²) in [4.78, 5) is 12.0. The van der Waals surface area contributed by atoms with Gasteiger partial charge >= 0.3 is 0 Å². The lowest BCUT2D eigenvalue weighted by Crippen LogP contribution is -2.31. The first-order valence-corrected chi connectivity index (χ1v) is 9.71. The van der Waals surface area contributed by atoms with E-state index in [0.717, 1.165) is 12.0 Å². The molecule has 0 fully saturated rings. The van der Waals surface area contributed by atoms with Crippen LogP contribution in [0.3, 0.4) is 0 Å². The monoisotopic (exact) mass is 352 g/mol. The molecule has 0 aliphatic rings. The first-order valence-electron chi connectivity index (χ1n) is 7.35. The Labute approximate surface area is 140 Å². The molecule has 1 aromatic carbocycles. The fraction of sp³-hybridized carbons (Fsp3) is 0.312. The summed E-state index contributed by atoms with van der Waals surface area (Å²) in [6, 6.07) is 10.3. The van der Waals surface area contributed by atoms with Gasteiger partial charge in [-0.05, 0) is 42.5 Å². The van der Waals surface area contributed by atoms with Gasteiger partial charge in [0, 0.05) is 18.2 Å². The van der Waals surface area contributed by atoms with Crippen LogP contribution in [0.5, 0.6) is 0 Å². The first kappa shape index (κ1) is 17.7. The van der Waals surface area contributed by atoms with Crippen molar-refractivity contribution in [3.8, 4) is 0 Å². The zero-order valence-electron chi connectivity index (χ0n) is 13.1. The Hall–Kier alpha value is -1.70. The predicted molar refractivity (Wildman–Crippen MR) is 92.0 cm³/mol. The Morgan fingerprint density at radius 2 is 1.91 bits per heavy atom. The van der Waals surface area contributed by atoms with Gasteiger partial charge < -0.3 is 5.32 Å². The number of thiophene rings is 1. The van der Waals surface area contributed by atoms with Crippen LogP contribution in [-0.4, -0.2) is 20.4 Å². The van der Waals surface area contributed by atoms with E-state index in [1.165, 1.54) is 11.3 Å². The highest BCUT2D eigenvalue weighted by atomic mass is 32.2. The van der Waals surface area contributed by atoms with E-state index in [9.17, 15) is 13.2 Å². The maximum absolute atomic E-state index is 12.0. The van der Waals surface area contributed by atoms with E-state index in [1.54, 1.807) is 41.8 Å². The lowest BCUT2D eigenvalue weighted by molar-refractivity contribution is 0.0939. The van der Waals surface area contributed by atoms with E-state index in [2.05, 4.69) is 10.0 Å². The average molecular weight is 352 g/mol. The molecule has 0 unspecified atom stereocenters. The third kappa shape index (κ3) is 4.89. The van der Waals surface area contributed by atoms with Crippen molar-refractivity contribution in [2.24, 2.45) is 0 Å². The van der Waals surface area contributed by atoms with Gasteiger partial charge in [-0.2, -0.15) is 0 Å². The summed E-state index contributed by atoms with van der Waals surface area (Å²) >= 11 is 1.18. The summed E-state index contributed by atoms with van der Waals surface area (Å²) in [5, 5.41) is 4.61. The first-order chi connectivity index (χ1) is 10.9. The second kappa shape index (κ2) is 7.72. The molecule has 5 nitrogen and oxygen atoms in total. The van der Waals surface area contributed by atoms with E-state index in [1.807, 2.05) is 13.8 Å². The highest BCUT2D eigenvalue weighted by Gasteiger charge is 2.14. The lowest BCUT2D eigenvalue weighted by Gasteiger charge is -2.11. The van der Waals surface area contributed by atoms with Gasteiger partial charge in [0.15, 0.2) is 0 Å². The van der Waals surface area contributed by atoms with Crippen LogP contribution in [-0.2, 0) is 16.6 Å². The quantitative estimate of drug-likeness (QED) is 0.804. The fourth-order valence-corrected chi connectivity index (χ4v) is 3.90. The molecule has 23 heavy (non-hydrogen) atoms. The second-order valence-corrected chi connectivity index (χ2v) is 8.18. The van der Waals surface area contributed by atoms with Gasteiger partial charge in [0.1, 0.15) is 4.21 Å². The SMILES string of the molecule is CC[C@H](C)NC(=O)c1ccc(CNS(=O)(=O)c2cccs2)cc1. The van der Waals surface area contributed by atoms with Gasteiger partial charge in [-0.25, -0.2) is 13.1 Å². The van der Waals surface area contributed by atoms with Crippen molar-refractivity contribution < 1.29 is 13.2 Å². The number of rotatable bonds is 7. The molecule has 0 saturated carbocycles. The van der Waals surface area contributed by atoms with E-state index in [-0.39, 0.29) is 18.5 Å². The summed E-state index contributed by atoms with van der Waals surface area (Å²) < 4.78 is 26.9. The smallest absolute Gasteiger partial charge is 0.251 e. The zero-order chi connectivity index (χ0) is 16.9. The zero-order valence-corrected chi connectivity index (χ0v) is 14.7. The predicted octanol–water partition coefficient (Wildman–Crippen LogP) is 2.75. The van der Waals surface area contributed by atoms with Crippen molar-refractivity contribution in [1.82, 2.24) is 10.0 Å². The maximum Gasteiger partial charge on any atom is 0.251 e. The highest BCUT2D eigenvalue weighted by Crippen LogP contribution is 2.16. The number of benzene rings is 1. The van der Waals surface area contributed by atoms with Gasteiger partial charge in [-0.15, -0.1) is 11.3 Å². The molecule has 2 rings (SSSR count). The number of carbonyl (C=O) groups is 1. The van der Waals surface area contributed by atoms with E-state index < -0.39 is 10.0 Å². The minimum atomic E-state index is -3.47. The standard InChI is InChI=1S/C16H20N2O3S2/c1-3-12(2)18-16(19)14-8-6-13(7-9-14)11-17-23(20,21)15-5-4-10-22-15/h4-10,12,17H,3,11H2,1-2H3,(H,18,19)/t12-/m0/s1. The largest absolute Gasteiger partial charge is 0.350 e. The van der Waals surface area contributed by atoms with E-state index >= 15 is 0 Å². The normalized spacial score (nSPS) is 12.8. The minimum absolute atomic E-state index is 0.120. The molecule has 124 valence electrons. The average Bonchev–Trinajstić information content (AvgIpc) is 3.08. The lowest BCUT2D eigenvalue weighted by atomic mass is 10.1. The summed E-state index contributed by atoms with van der Waals surface area (Å²) in [7, 11) is -3.47. The Bertz CT molecular complexity index is 738. The number of hydrogen-bond donors (Lipinski definition) is 2. The number of carbonyl (C=O) groups excluding carboxylic acids is 1. The molecule has 7 heteroatoms. The molecule has 1 amide bonds. The molecule has 2 aromatic rings. The van der Waals surface area contributed by atoms with Gasteiger partial charge in [0.05, 0.1) is 0 Å². The topological polar surface area (TPSA) is 75.3 Å². The molecule has 0 bridgehead atoms. The van der Waals surface area contributed by atoms with Gasteiger partial charge in [-0.1, -0.05) is 25.1 Å². The van der Waals surface area contributed by atoms with Crippen LogP contribution in [0.25, 0.3) is 0 Å². The Morgan fingerprint density at radius 3 is 2.48 bits per heavy atom. The van der Waals surface area contributed by atoms with Crippen molar-refractivity contribution in [3.05, 3.63) is 52.9 Å². The molecule has 1 atom stereocenters. The van der Waals surface area contributed by atoms with Crippen molar-refractivity contribution in [3.63, 3.8) is 0 Å². The molecule has 0 aliphatic heterocycles. The summed E-state index contributed by atoms with van der Waals surface area (Å²) in [6.07, 6.45) is 0.869. The number of hydrogen-bond acceptors (Lipinski definition) is 4. The summed E-state index contributed by atoms with van der Waals surface area (Å²) in [5.41, 5.74) is 1.36. The molecule has 0 radical (unpaired) electrons. The van der Waals surface area contributed by atoms with Crippen molar-refractivity contribution in [2.75, 3.05) is 0 Å². The van der Waals surface area contributed by atoms with Crippen molar-refractivity contribution >= 4 is 27.3 Å². The Morgan fingerprint density at radius 1 is 1.22 bits per heavy atom. The molecule has 0 spiro atoms. The van der Waals surface area contributed by atoms with Gasteiger partial charge in [-0.3, -0.25) is 4.79 Å². The molecule has 1 heterocycles. The molecule has 0 aliphatic carbocycles. The number of sulfonamides is 1. The van der Waals surface area contributed by atoms with E-state index in [4.69, 9.17) is 0 Å². The molecule has 1 aromatic heterocycles. The minimum Gasteiger partial charge on any atom is -0.350 e.